The monoisotopic (exact) mass is 286 g/mol. The van der Waals surface area contributed by atoms with Crippen LogP contribution in [0.4, 0.5) is 5.13 Å². The van der Waals surface area contributed by atoms with E-state index in [1.807, 2.05) is 42.5 Å². The fourth-order valence-corrected chi connectivity index (χ4v) is 2.74. The minimum atomic E-state index is 0.487. The van der Waals surface area contributed by atoms with Crippen LogP contribution in [0.25, 0.3) is 10.2 Å². The standard InChI is InChI=1S/C15H14N2O2S/c1-18-11-7-12(14-13(8-11)20-15(16)17-14)19-9-10-5-3-2-4-6-10/h2-8H,9H2,1H3,(H2,16,17). The summed E-state index contributed by atoms with van der Waals surface area (Å²) in [5.41, 5.74) is 7.65. The maximum Gasteiger partial charge on any atom is 0.181 e. The summed E-state index contributed by atoms with van der Waals surface area (Å²) in [6, 6.07) is 13.7. The van der Waals surface area contributed by atoms with Gasteiger partial charge in [0.2, 0.25) is 0 Å². The minimum Gasteiger partial charge on any atom is -0.497 e. The Bertz CT molecular complexity index is 725. The Balaban J connectivity index is 1.93. The van der Waals surface area contributed by atoms with Crippen LogP contribution in [-0.4, -0.2) is 12.1 Å². The van der Waals surface area contributed by atoms with Gasteiger partial charge in [0.1, 0.15) is 17.9 Å². The molecule has 0 aliphatic carbocycles. The van der Waals surface area contributed by atoms with Gasteiger partial charge in [0.05, 0.1) is 11.8 Å². The van der Waals surface area contributed by atoms with Crippen molar-refractivity contribution in [1.29, 1.82) is 0 Å². The van der Waals surface area contributed by atoms with Gasteiger partial charge in [0.25, 0.3) is 0 Å². The molecule has 2 aromatic carbocycles. The molecule has 0 saturated heterocycles. The van der Waals surface area contributed by atoms with E-state index >= 15 is 0 Å². The number of nitrogen functional groups attached to an aromatic ring is 1. The van der Waals surface area contributed by atoms with Crippen LogP contribution in [0, 0.1) is 0 Å². The first-order chi connectivity index (χ1) is 9.76. The van der Waals surface area contributed by atoms with Gasteiger partial charge < -0.3 is 15.2 Å². The number of anilines is 1. The van der Waals surface area contributed by atoms with E-state index < -0.39 is 0 Å². The SMILES string of the molecule is COc1cc(OCc2ccccc2)c2nc(N)sc2c1. The number of nitrogens with two attached hydrogens (primary N) is 1. The van der Waals surface area contributed by atoms with Gasteiger partial charge in [-0.25, -0.2) is 4.98 Å². The van der Waals surface area contributed by atoms with E-state index in [0.29, 0.717) is 17.5 Å². The summed E-state index contributed by atoms with van der Waals surface area (Å²) >= 11 is 1.42. The average molecular weight is 286 g/mol. The molecule has 0 spiro atoms. The quantitative estimate of drug-likeness (QED) is 0.798. The molecule has 0 radical (unpaired) electrons. The van der Waals surface area contributed by atoms with Gasteiger partial charge >= 0.3 is 0 Å². The number of fused-ring (bicyclic) bond motifs is 1. The normalized spacial score (nSPS) is 10.7. The molecule has 5 heteroatoms. The molecule has 2 N–H and O–H groups in total. The number of rotatable bonds is 4. The predicted octanol–water partition coefficient (Wildman–Crippen LogP) is 3.47. The van der Waals surface area contributed by atoms with Gasteiger partial charge in [0, 0.05) is 6.07 Å². The summed E-state index contributed by atoms with van der Waals surface area (Å²) in [5.74, 6) is 1.43. The number of methoxy groups -OCH3 is 1. The second kappa shape index (κ2) is 5.38. The lowest BCUT2D eigenvalue weighted by Gasteiger charge is -2.08. The third-order valence-corrected chi connectivity index (χ3v) is 3.75. The second-order valence-electron chi connectivity index (χ2n) is 4.30. The molecule has 0 fully saturated rings. The first kappa shape index (κ1) is 12.7. The van der Waals surface area contributed by atoms with Crippen molar-refractivity contribution in [3.8, 4) is 11.5 Å². The molecule has 0 amide bonds. The number of ether oxygens (including phenoxy) is 2. The molecule has 102 valence electrons. The molecule has 0 bridgehead atoms. The molecular weight excluding hydrogens is 272 g/mol. The van der Waals surface area contributed by atoms with Crippen molar-refractivity contribution < 1.29 is 9.47 Å². The van der Waals surface area contributed by atoms with Gasteiger partial charge in [-0.2, -0.15) is 0 Å². The lowest BCUT2D eigenvalue weighted by atomic mass is 10.2. The highest BCUT2D eigenvalue weighted by Gasteiger charge is 2.11. The third kappa shape index (κ3) is 2.53. The lowest BCUT2D eigenvalue weighted by molar-refractivity contribution is 0.307. The molecule has 0 unspecified atom stereocenters. The maximum absolute atomic E-state index is 5.87. The van der Waals surface area contributed by atoms with Gasteiger partial charge in [-0.05, 0) is 11.6 Å². The maximum atomic E-state index is 5.87. The fourth-order valence-electron chi connectivity index (χ4n) is 1.96. The van der Waals surface area contributed by atoms with E-state index in [2.05, 4.69) is 4.98 Å². The van der Waals surface area contributed by atoms with Gasteiger partial charge in [-0.15, -0.1) is 0 Å². The van der Waals surface area contributed by atoms with Gasteiger partial charge in [-0.3, -0.25) is 0 Å². The summed E-state index contributed by atoms with van der Waals surface area (Å²) < 4.78 is 12.1. The average Bonchev–Trinajstić information content (AvgIpc) is 2.86. The van der Waals surface area contributed by atoms with Crippen LogP contribution in [0.5, 0.6) is 11.5 Å². The summed E-state index contributed by atoms with van der Waals surface area (Å²) in [6.07, 6.45) is 0. The number of nitrogens with zero attached hydrogens (tertiary/aromatic N) is 1. The van der Waals surface area contributed by atoms with Crippen molar-refractivity contribution in [2.75, 3.05) is 12.8 Å². The van der Waals surface area contributed by atoms with Crippen LogP contribution >= 0.6 is 11.3 Å². The van der Waals surface area contributed by atoms with Crippen LogP contribution in [0.2, 0.25) is 0 Å². The molecule has 1 heterocycles. The zero-order valence-electron chi connectivity index (χ0n) is 11.0. The molecule has 4 nitrogen and oxygen atoms in total. The highest BCUT2D eigenvalue weighted by molar-refractivity contribution is 7.22. The highest BCUT2D eigenvalue weighted by Crippen LogP contribution is 2.35. The minimum absolute atomic E-state index is 0.487. The number of hydrogen-bond acceptors (Lipinski definition) is 5. The van der Waals surface area contributed by atoms with Crippen molar-refractivity contribution >= 4 is 26.7 Å². The van der Waals surface area contributed by atoms with Crippen LogP contribution in [0.3, 0.4) is 0 Å². The zero-order chi connectivity index (χ0) is 13.9. The molecule has 0 atom stereocenters. The number of hydrogen-bond donors (Lipinski definition) is 1. The Morgan fingerprint density at radius 3 is 2.75 bits per heavy atom. The molecule has 20 heavy (non-hydrogen) atoms. The Labute approximate surface area is 120 Å². The Kier molecular flexibility index (Phi) is 3.43. The van der Waals surface area contributed by atoms with Crippen molar-refractivity contribution in [3.05, 3.63) is 48.0 Å². The molecule has 0 aliphatic rings. The van der Waals surface area contributed by atoms with Gasteiger partial charge in [-0.1, -0.05) is 41.7 Å². The van der Waals surface area contributed by atoms with E-state index in [1.54, 1.807) is 7.11 Å². The molecule has 3 aromatic rings. The third-order valence-electron chi connectivity index (χ3n) is 2.92. The van der Waals surface area contributed by atoms with Gasteiger partial charge in [0.15, 0.2) is 10.9 Å². The van der Waals surface area contributed by atoms with Crippen LogP contribution in [0.1, 0.15) is 5.56 Å². The smallest absolute Gasteiger partial charge is 0.181 e. The van der Waals surface area contributed by atoms with E-state index in [9.17, 15) is 0 Å². The lowest BCUT2D eigenvalue weighted by Crippen LogP contribution is -1.96. The Hall–Kier alpha value is -2.27. The largest absolute Gasteiger partial charge is 0.497 e. The van der Waals surface area contributed by atoms with E-state index in [4.69, 9.17) is 15.2 Å². The van der Waals surface area contributed by atoms with Crippen LogP contribution in [-0.2, 0) is 6.61 Å². The van der Waals surface area contributed by atoms with E-state index in [-0.39, 0.29) is 0 Å². The second-order valence-corrected chi connectivity index (χ2v) is 5.36. The molecule has 1 aromatic heterocycles. The summed E-state index contributed by atoms with van der Waals surface area (Å²) in [5, 5.41) is 0.526. The number of benzene rings is 2. The number of thiazole rings is 1. The predicted molar refractivity (Wildman–Crippen MR) is 81.4 cm³/mol. The molecule has 0 aliphatic heterocycles. The van der Waals surface area contributed by atoms with Crippen molar-refractivity contribution in [3.63, 3.8) is 0 Å². The first-order valence-electron chi connectivity index (χ1n) is 6.17. The highest BCUT2D eigenvalue weighted by atomic mass is 32.1. The topological polar surface area (TPSA) is 57.4 Å². The van der Waals surface area contributed by atoms with E-state index in [0.717, 1.165) is 21.5 Å². The van der Waals surface area contributed by atoms with Crippen molar-refractivity contribution in [1.82, 2.24) is 4.98 Å². The first-order valence-corrected chi connectivity index (χ1v) is 6.98. The van der Waals surface area contributed by atoms with E-state index in [1.165, 1.54) is 11.3 Å². The van der Waals surface area contributed by atoms with Crippen LogP contribution in [0.15, 0.2) is 42.5 Å². The fraction of sp³-hybridized carbons (Fsp3) is 0.133. The van der Waals surface area contributed by atoms with Crippen LogP contribution < -0.4 is 15.2 Å². The zero-order valence-corrected chi connectivity index (χ0v) is 11.8. The molecular formula is C15H14N2O2S. The summed E-state index contributed by atoms with van der Waals surface area (Å²) in [4.78, 5) is 4.32. The number of aromatic nitrogens is 1. The molecule has 3 rings (SSSR count). The van der Waals surface area contributed by atoms with Crippen molar-refractivity contribution in [2.45, 2.75) is 6.61 Å². The Morgan fingerprint density at radius 1 is 1.20 bits per heavy atom. The van der Waals surface area contributed by atoms with Crippen molar-refractivity contribution in [2.24, 2.45) is 0 Å². The summed E-state index contributed by atoms with van der Waals surface area (Å²) in [6.45, 7) is 0.487. The summed E-state index contributed by atoms with van der Waals surface area (Å²) in [7, 11) is 1.63. The Morgan fingerprint density at radius 2 is 2.00 bits per heavy atom. The molecule has 0 saturated carbocycles.